The molecular weight excluding hydrogens is 340 g/mol. The molecule has 0 amide bonds. The van der Waals surface area contributed by atoms with Gasteiger partial charge < -0.3 is 4.55 Å². The molecule has 4 aliphatic rings. The van der Waals surface area contributed by atoms with Crippen LogP contribution in [0.25, 0.3) is 0 Å². The molecule has 0 spiro atoms. The minimum atomic E-state index is -4.62. The summed E-state index contributed by atoms with van der Waals surface area (Å²) in [4.78, 5) is 12.4. The van der Waals surface area contributed by atoms with E-state index >= 15 is 0 Å². The van der Waals surface area contributed by atoms with E-state index in [0.29, 0.717) is 42.3 Å². The highest BCUT2D eigenvalue weighted by molar-refractivity contribution is 7.80. The van der Waals surface area contributed by atoms with Crippen LogP contribution in [0.4, 0.5) is 0 Å². The zero-order valence-electron chi connectivity index (χ0n) is 15.2. The summed E-state index contributed by atoms with van der Waals surface area (Å²) in [5, 5.41) is 0. The fourth-order valence-corrected chi connectivity index (χ4v) is 7.75. The summed E-state index contributed by atoms with van der Waals surface area (Å²) in [5.41, 5.74) is 0.101. The van der Waals surface area contributed by atoms with Crippen molar-refractivity contribution in [2.75, 3.05) is 0 Å². The zero-order chi connectivity index (χ0) is 18.0. The number of Topliss-reactive ketones (excluding diaryl/α,β-unsaturated/α-hetero) is 1. The summed E-state index contributed by atoms with van der Waals surface area (Å²) in [6.07, 6.45) is 7.94. The minimum absolute atomic E-state index is 0.0959. The third-order valence-electron chi connectivity index (χ3n) is 8.58. The number of fused-ring (bicyclic) bond motifs is 5. The molecule has 6 heteroatoms. The summed E-state index contributed by atoms with van der Waals surface area (Å²) < 4.78 is 37.6. The molecule has 0 aliphatic heterocycles. The van der Waals surface area contributed by atoms with Gasteiger partial charge in [0.25, 0.3) is 0 Å². The monoisotopic (exact) mass is 369 g/mol. The van der Waals surface area contributed by atoms with E-state index in [1.54, 1.807) is 0 Å². The van der Waals surface area contributed by atoms with Crippen molar-refractivity contribution >= 4 is 16.2 Å². The molecule has 4 saturated carbocycles. The van der Waals surface area contributed by atoms with Gasteiger partial charge in [0.1, 0.15) is 5.78 Å². The average molecular weight is 370 g/mol. The quantitative estimate of drug-likeness (QED) is 0.550. The van der Waals surface area contributed by atoms with Crippen molar-refractivity contribution in [1.29, 1.82) is 0 Å². The van der Waals surface area contributed by atoms with Crippen molar-refractivity contribution in [3.8, 4) is 0 Å². The second-order valence-corrected chi connectivity index (χ2v) is 10.5. The Balaban J connectivity index is 1.54. The SMILES string of the molecule is CC12CCC3C(CCC4CC(OS(=O)(=O)[O-])CCC43C)C1CCC2=O. The fourth-order valence-electron chi connectivity index (χ4n) is 7.24. The van der Waals surface area contributed by atoms with E-state index in [0.717, 1.165) is 44.9 Å². The number of hydrogen-bond donors (Lipinski definition) is 0. The van der Waals surface area contributed by atoms with Crippen LogP contribution in [0, 0.1) is 34.5 Å². The first-order valence-corrected chi connectivity index (χ1v) is 11.1. The van der Waals surface area contributed by atoms with E-state index in [2.05, 4.69) is 13.8 Å². The molecule has 0 saturated heterocycles. The summed E-state index contributed by atoms with van der Waals surface area (Å²) >= 11 is 0. The molecule has 4 fully saturated rings. The van der Waals surface area contributed by atoms with Crippen molar-refractivity contribution in [2.45, 2.75) is 77.7 Å². The first-order chi connectivity index (χ1) is 11.6. The Bertz CT molecular complexity index is 673. The molecule has 7 atom stereocenters. The van der Waals surface area contributed by atoms with Gasteiger partial charge in [-0.3, -0.25) is 8.98 Å². The maximum absolute atomic E-state index is 12.4. The fraction of sp³-hybridized carbons (Fsp3) is 0.947. The number of carbonyl (C=O) groups excluding carboxylic acids is 1. The number of ketones is 1. The standard InChI is InChI=1S/C19H30O5S/c1-18-9-7-13(24-25(21,22)23)11-12(18)3-4-14-15-5-6-17(20)19(15,2)10-8-16(14)18/h12-16H,3-11H2,1-2H3,(H,21,22,23)/p-1. The van der Waals surface area contributed by atoms with Crippen LogP contribution in [0.15, 0.2) is 0 Å². The number of carbonyl (C=O) groups is 1. The Morgan fingerprint density at radius 2 is 1.80 bits per heavy atom. The Kier molecular flexibility index (Phi) is 4.14. The van der Waals surface area contributed by atoms with Gasteiger partial charge in [-0.2, -0.15) is 0 Å². The van der Waals surface area contributed by atoms with Crippen LogP contribution in [0.2, 0.25) is 0 Å². The van der Waals surface area contributed by atoms with Gasteiger partial charge in [-0.25, -0.2) is 8.42 Å². The second-order valence-electron chi connectivity index (χ2n) is 9.48. The lowest BCUT2D eigenvalue weighted by molar-refractivity contribution is -0.141. The van der Waals surface area contributed by atoms with Gasteiger partial charge in [0.05, 0.1) is 6.10 Å². The molecule has 0 aromatic rings. The van der Waals surface area contributed by atoms with Crippen molar-refractivity contribution in [1.82, 2.24) is 0 Å². The lowest BCUT2D eigenvalue weighted by atomic mass is 9.45. The molecule has 0 aromatic heterocycles. The normalized spacial score (nSPS) is 50.0. The van der Waals surface area contributed by atoms with Crippen molar-refractivity contribution in [3.05, 3.63) is 0 Å². The van der Waals surface area contributed by atoms with E-state index in [4.69, 9.17) is 4.18 Å². The van der Waals surface area contributed by atoms with Crippen molar-refractivity contribution < 1.29 is 21.9 Å². The smallest absolute Gasteiger partial charge is 0.217 e. The summed E-state index contributed by atoms with van der Waals surface area (Å²) in [5.74, 6) is 2.69. The van der Waals surface area contributed by atoms with Crippen molar-refractivity contribution in [2.24, 2.45) is 34.5 Å². The molecule has 7 unspecified atom stereocenters. The molecule has 0 aromatic carbocycles. The number of rotatable bonds is 2. The Morgan fingerprint density at radius 1 is 1.04 bits per heavy atom. The predicted molar refractivity (Wildman–Crippen MR) is 91.3 cm³/mol. The van der Waals surface area contributed by atoms with Gasteiger partial charge in [0, 0.05) is 11.8 Å². The van der Waals surface area contributed by atoms with Crippen LogP contribution < -0.4 is 0 Å². The highest BCUT2D eigenvalue weighted by Gasteiger charge is 2.60. The predicted octanol–water partition coefficient (Wildman–Crippen LogP) is 3.44. The lowest BCUT2D eigenvalue weighted by Crippen LogP contribution is -2.54. The van der Waals surface area contributed by atoms with Crippen LogP contribution in [0.5, 0.6) is 0 Å². The molecular formula is C19H29O5S-. The summed E-state index contributed by atoms with van der Waals surface area (Å²) in [6, 6.07) is 0. The minimum Gasteiger partial charge on any atom is -0.726 e. The van der Waals surface area contributed by atoms with Crippen LogP contribution >= 0.6 is 0 Å². The zero-order valence-corrected chi connectivity index (χ0v) is 16.0. The Morgan fingerprint density at radius 3 is 2.52 bits per heavy atom. The Labute approximate surface area is 150 Å². The Hall–Kier alpha value is -0.460. The lowest BCUT2D eigenvalue weighted by Gasteiger charge is -2.60. The first-order valence-electron chi connectivity index (χ1n) is 9.81. The van der Waals surface area contributed by atoms with E-state index in [1.807, 2.05) is 0 Å². The van der Waals surface area contributed by atoms with E-state index in [9.17, 15) is 17.8 Å². The summed E-state index contributed by atoms with van der Waals surface area (Å²) in [6.45, 7) is 4.57. The molecule has 4 rings (SSSR count). The largest absolute Gasteiger partial charge is 0.726 e. The van der Waals surface area contributed by atoms with Crippen LogP contribution in [-0.2, 0) is 19.4 Å². The molecule has 142 valence electrons. The van der Waals surface area contributed by atoms with Crippen LogP contribution in [-0.4, -0.2) is 24.9 Å². The average Bonchev–Trinajstić information content (AvgIpc) is 2.82. The molecule has 5 nitrogen and oxygen atoms in total. The molecule has 0 heterocycles. The molecule has 0 bridgehead atoms. The maximum Gasteiger partial charge on any atom is 0.217 e. The van der Waals surface area contributed by atoms with Gasteiger partial charge >= 0.3 is 0 Å². The van der Waals surface area contributed by atoms with Gasteiger partial charge in [0.15, 0.2) is 0 Å². The third-order valence-corrected chi connectivity index (χ3v) is 9.09. The maximum atomic E-state index is 12.4. The summed E-state index contributed by atoms with van der Waals surface area (Å²) in [7, 11) is -4.62. The molecule has 25 heavy (non-hydrogen) atoms. The van der Waals surface area contributed by atoms with Gasteiger partial charge in [-0.05, 0) is 80.5 Å². The topological polar surface area (TPSA) is 83.5 Å². The first kappa shape index (κ1) is 17.9. The molecule has 4 aliphatic carbocycles. The highest BCUT2D eigenvalue weighted by atomic mass is 32.3. The van der Waals surface area contributed by atoms with Gasteiger partial charge in [-0.1, -0.05) is 13.8 Å². The van der Waals surface area contributed by atoms with E-state index in [1.165, 1.54) is 0 Å². The molecule has 0 radical (unpaired) electrons. The van der Waals surface area contributed by atoms with Crippen molar-refractivity contribution in [3.63, 3.8) is 0 Å². The third kappa shape index (κ3) is 2.79. The molecule has 0 N–H and O–H groups in total. The van der Waals surface area contributed by atoms with E-state index in [-0.39, 0.29) is 10.8 Å². The number of hydrogen-bond acceptors (Lipinski definition) is 5. The van der Waals surface area contributed by atoms with Crippen LogP contribution in [0.3, 0.4) is 0 Å². The van der Waals surface area contributed by atoms with E-state index < -0.39 is 16.5 Å². The second kappa shape index (κ2) is 5.77. The van der Waals surface area contributed by atoms with Gasteiger partial charge in [0.2, 0.25) is 10.4 Å². The highest BCUT2D eigenvalue weighted by Crippen LogP contribution is 2.65. The van der Waals surface area contributed by atoms with Gasteiger partial charge in [-0.15, -0.1) is 0 Å². The van der Waals surface area contributed by atoms with Crippen LogP contribution in [0.1, 0.15) is 71.6 Å².